The molecule has 1 aromatic carbocycles. The van der Waals surface area contributed by atoms with Gasteiger partial charge >= 0.3 is 0 Å². The summed E-state index contributed by atoms with van der Waals surface area (Å²) >= 11 is 0. The number of benzene rings is 1. The third-order valence-electron chi connectivity index (χ3n) is 7.08. The number of ether oxygens (including phenoxy) is 1. The number of pyridine rings is 1. The fourth-order valence-electron chi connectivity index (χ4n) is 4.86. The second-order valence-corrected chi connectivity index (χ2v) is 10.7. The van der Waals surface area contributed by atoms with Gasteiger partial charge in [-0.1, -0.05) is 12.1 Å². The summed E-state index contributed by atoms with van der Waals surface area (Å²) in [5.74, 6) is -2.77. The number of nitrogens with zero attached hydrogens (tertiary/aromatic N) is 4. The van der Waals surface area contributed by atoms with Crippen LogP contribution in [-0.4, -0.2) is 76.1 Å². The molecule has 1 aromatic heterocycles. The summed E-state index contributed by atoms with van der Waals surface area (Å²) in [6.45, 7) is 5.00. The zero-order valence-electron chi connectivity index (χ0n) is 22.8. The Hall–Kier alpha value is -3.77. The smallest absolute Gasteiger partial charge is 0.256 e. The summed E-state index contributed by atoms with van der Waals surface area (Å²) in [5, 5.41) is 8.62. The van der Waals surface area contributed by atoms with E-state index in [1.165, 1.54) is 29.8 Å². The van der Waals surface area contributed by atoms with Crippen molar-refractivity contribution in [1.82, 2.24) is 20.2 Å². The van der Waals surface area contributed by atoms with Crippen LogP contribution in [0.4, 0.5) is 8.78 Å². The van der Waals surface area contributed by atoms with E-state index in [1.54, 1.807) is 12.3 Å². The second kappa shape index (κ2) is 11.8. The van der Waals surface area contributed by atoms with Crippen LogP contribution in [0.1, 0.15) is 38.4 Å². The Bertz CT molecular complexity index is 1300. The Morgan fingerprint density at radius 2 is 2.02 bits per heavy atom. The number of hydrogen-bond donors (Lipinski definition) is 2. The lowest BCUT2D eigenvalue weighted by atomic mass is 9.74. The van der Waals surface area contributed by atoms with Crippen LogP contribution >= 0.6 is 0 Å². The maximum absolute atomic E-state index is 14.1. The number of hydrogen-bond acceptors (Lipinski definition) is 7. The van der Waals surface area contributed by atoms with Crippen molar-refractivity contribution in [1.29, 1.82) is 0 Å². The van der Waals surface area contributed by atoms with Gasteiger partial charge in [-0.2, -0.15) is 5.10 Å². The number of halogens is 2. The fraction of sp³-hybridized carbons (Fsp3) is 0.464. The van der Waals surface area contributed by atoms with Crippen LogP contribution in [0.5, 0.6) is 0 Å². The Morgan fingerprint density at radius 1 is 1.25 bits per heavy atom. The topological polar surface area (TPSA) is 130 Å². The van der Waals surface area contributed by atoms with Gasteiger partial charge in [0.05, 0.1) is 24.5 Å². The molecular formula is C28H34F2N6O4. The normalized spacial score (nSPS) is 19.8. The van der Waals surface area contributed by atoms with Gasteiger partial charge < -0.3 is 20.7 Å². The number of carbonyl (C=O) groups is 3. The largest absolute Gasteiger partial charge is 0.374 e. The molecule has 214 valence electrons. The van der Waals surface area contributed by atoms with Gasteiger partial charge in [0.1, 0.15) is 23.1 Å². The Morgan fingerprint density at radius 3 is 2.67 bits per heavy atom. The summed E-state index contributed by atoms with van der Waals surface area (Å²) in [6, 6.07) is 7.38. The number of nitrogens with one attached hydrogen (secondary N) is 1. The molecule has 0 bridgehead atoms. The average molecular weight is 557 g/mol. The van der Waals surface area contributed by atoms with Gasteiger partial charge in [0.25, 0.3) is 5.91 Å². The monoisotopic (exact) mass is 556 g/mol. The molecule has 3 heterocycles. The van der Waals surface area contributed by atoms with Crippen LogP contribution in [0.2, 0.25) is 0 Å². The molecule has 3 N–H and O–H groups in total. The molecule has 2 aliphatic heterocycles. The molecular weight excluding hydrogens is 522 g/mol. The van der Waals surface area contributed by atoms with E-state index in [1.807, 2.05) is 19.1 Å². The Labute approximate surface area is 231 Å². The molecule has 2 aromatic rings. The SMILES string of the molecule is CCN1N=C2CCN(C(=O)C(COCc3ccc(F)cc3F)NC(=O)C(C)(C)N)CC2(Cc2ccccn2)C1=O. The number of nitrogens with two attached hydrogens (primary N) is 1. The fourth-order valence-corrected chi connectivity index (χ4v) is 4.86. The first-order chi connectivity index (χ1) is 18.9. The van der Waals surface area contributed by atoms with Crippen molar-refractivity contribution in [3.8, 4) is 0 Å². The minimum Gasteiger partial charge on any atom is -0.374 e. The molecule has 4 rings (SSSR count). The minimum atomic E-state index is -1.29. The summed E-state index contributed by atoms with van der Waals surface area (Å²) in [5.41, 5.74) is 5.06. The molecule has 0 aliphatic carbocycles. The van der Waals surface area contributed by atoms with Gasteiger partial charge in [-0.3, -0.25) is 19.4 Å². The molecule has 40 heavy (non-hydrogen) atoms. The van der Waals surface area contributed by atoms with Crippen molar-refractivity contribution in [2.24, 2.45) is 16.3 Å². The van der Waals surface area contributed by atoms with Crippen LogP contribution in [-0.2, 0) is 32.1 Å². The van der Waals surface area contributed by atoms with Crippen LogP contribution in [0.25, 0.3) is 0 Å². The molecule has 2 aliphatic rings. The van der Waals surface area contributed by atoms with E-state index in [2.05, 4.69) is 15.4 Å². The van der Waals surface area contributed by atoms with Crippen molar-refractivity contribution in [3.05, 3.63) is 65.5 Å². The molecule has 3 amide bonds. The van der Waals surface area contributed by atoms with Crippen molar-refractivity contribution < 1.29 is 27.9 Å². The van der Waals surface area contributed by atoms with E-state index in [4.69, 9.17) is 10.5 Å². The van der Waals surface area contributed by atoms with Gasteiger partial charge in [-0.05, 0) is 39.0 Å². The first kappa shape index (κ1) is 29.2. The lowest BCUT2D eigenvalue weighted by molar-refractivity contribution is -0.144. The summed E-state index contributed by atoms with van der Waals surface area (Å²) in [7, 11) is 0. The van der Waals surface area contributed by atoms with Crippen LogP contribution < -0.4 is 11.1 Å². The third kappa shape index (κ3) is 6.18. The molecule has 2 unspecified atom stereocenters. The van der Waals surface area contributed by atoms with Crippen molar-refractivity contribution in [2.75, 3.05) is 26.2 Å². The molecule has 0 saturated carbocycles. The Kier molecular flexibility index (Phi) is 8.59. The maximum Gasteiger partial charge on any atom is 0.256 e. The highest BCUT2D eigenvalue weighted by Gasteiger charge is 2.54. The predicted molar refractivity (Wildman–Crippen MR) is 143 cm³/mol. The molecule has 0 spiro atoms. The number of carbonyl (C=O) groups excluding carboxylic acids is 3. The number of fused-ring (bicyclic) bond motifs is 1. The number of rotatable bonds is 10. The first-order valence-electron chi connectivity index (χ1n) is 13.1. The minimum absolute atomic E-state index is 0.0432. The van der Waals surface area contributed by atoms with E-state index in [9.17, 15) is 23.2 Å². The average Bonchev–Trinajstić information content (AvgIpc) is 3.19. The van der Waals surface area contributed by atoms with Gasteiger partial charge in [0, 0.05) is 56.0 Å². The predicted octanol–water partition coefficient (Wildman–Crippen LogP) is 1.78. The molecule has 1 fully saturated rings. The number of likely N-dealkylation sites (tertiary alicyclic amines) is 1. The zero-order chi connectivity index (χ0) is 29.1. The van der Waals surface area contributed by atoms with Crippen molar-refractivity contribution in [2.45, 2.75) is 51.8 Å². The molecule has 10 nitrogen and oxygen atoms in total. The third-order valence-corrected chi connectivity index (χ3v) is 7.08. The Balaban J connectivity index is 1.56. The molecule has 0 radical (unpaired) electrons. The summed E-state index contributed by atoms with van der Waals surface area (Å²) < 4.78 is 33.0. The summed E-state index contributed by atoms with van der Waals surface area (Å²) in [4.78, 5) is 46.1. The van der Waals surface area contributed by atoms with E-state index in [0.29, 0.717) is 24.4 Å². The maximum atomic E-state index is 14.1. The van der Waals surface area contributed by atoms with Gasteiger partial charge in [-0.15, -0.1) is 0 Å². The lowest BCUT2D eigenvalue weighted by Crippen LogP contribution is -2.61. The first-order valence-corrected chi connectivity index (χ1v) is 13.1. The van der Waals surface area contributed by atoms with Crippen LogP contribution in [0.15, 0.2) is 47.7 Å². The van der Waals surface area contributed by atoms with E-state index < -0.39 is 40.4 Å². The molecule has 2 atom stereocenters. The number of piperidine rings is 1. The van der Waals surface area contributed by atoms with E-state index >= 15 is 0 Å². The number of aromatic nitrogens is 1. The van der Waals surface area contributed by atoms with Gasteiger partial charge in [-0.25, -0.2) is 13.8 Å². The van der Waals surface area contributed by atoms with Crippen molar-refractivity contribution >= 4 is 23.4 Å². The summed E-state index contributed by atoms with van der Waals surface area (Å²) in [6.07, 6.45) is 2.28. The number of hydrazone groups is 1. The zero-order valence-corrected chi connectivity index (χ0v) is 22.8. The lowest BCUT2D eigenvalue weighted by Gasteiger charge is -2.40. The highest BCUT2D eigenvalue weighted by atomic mass is 19.1. The standard InChI is InChI=1S/C28H34F2N6O4/c1-4-36-26(39)28(14-20-7-5-6-11-32-20)17-35(12-10-23(28)34-36)24(37)22(33-25(38)27(2,3)31)16-40-15-18-8-9-19(29)13-21(18)30/h5-9,11,13,22H,4,10,12,14-17,31H2,1-3H3,(H,33,38). The van der Waals surface area contributed by atoms with Crippen LogP contribution in [0, 0.1) is 17.0 Å². The quantitative estimate of drug-likeness (QED) is 0.459. The van der Waals surface area contributed by atoms with Gasteiger partial charge in [0.15, 0.2) is 0 Å². The van der Waals surface area contributed by atoms with Gasteiger partial charge in [0.2, 0.25) is 11.8 Å². The highest BCUT2D eigenvalue weighted by molar-refractivity contribution is 6.13. The molecule has 1 saturated heterocycles. The second-order valence-electron chi connectivity index (χ2n) is 10.7. The molecule has 12 heteroatoms. The highest BCUT2D eigenvalue weighted by Crippen LogP contribution is 2.38. The van der Waals surface area contributed by atoms with Crippen LogP contribution in [0.3, 0.4) is 0 Å². The van der Waals surface area contributed by atoms with E-state index in [-0.39, 0.29) is 44.2 Å². The van der Waals surface area contributed by atoms with E-state index in [0.717, 1.165) is 12.1 Å². The van der Waals surface area contributed by atoms with Crippen molar-refractivity contribution in [3.63, 3.8) is 0 Å². The number of amides is 3.